The first kappa shape index (κ1) is 13.6. The van der Waals surface area contributed by atoms with E-state index >= 15 is 0 Å². The fraction of sp³-hybridized carbons (Fsp3) is 0.200. The molecular weight excluding hydrogens is 276 g/mol. The molecule has 0 saturated carbocycles. The van der Waals surface area contributed by atoms with Crippen molar-refractivity contribution >= 4 is 11.0 Å². The summed E-state index contributed by atoms with van der Waals surface area (Å²) in [4.78, 5) is 8.57. The zero-order chi connectivity index (χ0) is 14.8. The second kappa shape index (κ2) is 5.57. The van der Waals surface area contributed by atoms with E-state index in [4.69, 9.17) is 5.11 Å². The van der Waals surface area contributed by atoms with E-state index in [1.807, 2.05) is 6.07 Å². The molecule has 0 amide bonds. The van der Waals surface area contributed by atoms with Crippen LogP contribution < -0.4 is 0 Å². The summed E-state index contributed by atoms with van der Waals surface area (Å²) in [6.07, 6.45) is 2.12. The van der Waals surface area contributed by atoms with E-state index < -0.39 is 11.6 Å². The van der Waals surface area contributed by atoms with Crippen LogP contribution in [0.1, 0.15) is 6.42 Å². The smallest absolute Gasteiger partial charge is 0.161 e. The molecule has 3 rings (SSSR count). The van der Waals surface area contributed by atoms with E-state index in [0.29, 0.717) is 35.5 Å². The molecule has 21 heavy (non-hydrogen) atoms. The van der Waals surface area contributed by atoms with Crippen molar-refractivity contribution in [1.29, 1.82) is 0 Å². The molecule has 0 spiro atoms. The number of pyridine rings is 1. The lowest BCUT2D eigenvalue weighted by atomic mass is 10.3. The highest BCUT2D eigenvalue weighted by Crippen LogP contribution is 2.25. The molecule has 0 atom stereocenters. The largest absolute Gasteiger partial charge is 0.396 e. The second-order valence-electron chi connectivity index (χ2n) is 4.63. The van der Waals surface area contributed by atoms with Crippen LogP contribution in [0.5, 0.6) is 0 Å². The minimum absolute atomic E-state index is 0.00497. The van der Waals surface area contributed by atoms with Crippen molar-refractivity contribution in [3.63, 3.8) is 0 Å². The van der Waals surface area contributed by atoms with E-state index in [-0.39, 0.29) is 6.61 Å². The average Bonchev–Trinajstić information content (AvgIpc) is 2.84. The Kier molecular flexibility index (Phi) is 3.62. The first-order valence-corrected chi connectivity index (χ1v) is 6.58. The van der Waals surface area contributed by atoms with Crippen LogP contribution in [0.4, 0.5) is 8.78 Å². The Hall–Kier alpha value is -2.34. The second-order valence-corrected chi connectivity index (χ2v) is 4.63. The van der Waals surface area contributed by atoms with E-state index in [9.17, 15) is 8.78 Å². The Morgan fingerprint density at radius 3 is 2.67 bits per heavy atom. The maximum Gasteiger partial charge on any atom is 0.161 e. The van der Waals surface area contributed by atoms with Gasteiger partial charge in [0.05, 0.1) is 11.0 Å². The van der Waals surface area contributed by atoms with Gasteiger partial charge in [-0.25, -0.2) is 13.8 Å². The van der Waals surface area contributed by atoms with Gasteiger partial charge in [0.1, 0.15) is 5.69 Å². The van der Waals surface area contributed by atoms with Crippen LogP contribution in [-0.2, 0) is 6.54 Å². The summed E-state index contributed by atoms with van der Waals surface area (Å²) < 4.78 is 28.6. The number of aliphatic hydroxyl groups excluding tert-OH is 1. The SMILES string of the molecule is OCCCn1c(-c2ccccn2)nc2cc(F)c(F)cc21. The molecule has 1 N–H and O–H groups in total. The predicted octanol–water partition coefficient (Wildman–Crippen LogP) is 2.76. The molecule has 2 aromatic heterocycles. The molecular formula is C15H13F2N3O. The van der Waals surface area contributed by atoms with Gasteiger partial charge in [0, 0.05) is 31.5 Å². The van der Waals surface area contributed by atoms with Gasteiger partial charge in [0.25, 0.3) is 0 Å². The van der Waals surface area contributed by atoms with Gasteiger partial charge in [-0.1, -0.05) is 6.07 Å². The highest BCUT2D eigenvalue weighted by atomic mass is 19.2. The Morgan fingerprint density at radius 1 is 1.14 bits per heavy atom. The molecule has 0 saturated heterocycles. The maximum absolute atomic E-state index is 13.5. The lowest BCUT2D eigenvalue weighted by Gasteiger charge is -2.07. The molecule has 0 bridgehead atoms. The topological polar surface area (TPSA) is 50.9 Å². The zero-order valence-electron chi connectivity index (χ0n) is 11.1. The standard InChI is InChI=1S/C15H13F2N3O/c16-10-8-13-14(9-11(10)17)20(6-3-7-21)15(19-13)12-4-1-2-5-18-12/h1-2,4-5,8-9,21H,3,6-7H2. The zero-order valence-corrected chi connectivity index (χ0v) is 11.1. The molecule has 108 valence electrons. The van der Waals surface area contributed by atoms with Crippen LogP contribution in [0.2, 0.25) is 0 Å². The number of benzene rings is 1. The molecule has 6 heteroatoms. The van der Waals surface area contributed by atoms with Crippen LogP contribution in [-0.4, -0.2) is 26.2 Å². The molecule has 0 unspecified atom stereocenters. The minimum Gasteiger partial charge on any atom is -0.396 e. The lowest BCUT2D eigenvalue weighted by Crippen LogP contribution is -2.03. The predicted molar refractivity (Wildman–Crippen MR) is 74.6 cm³/mol. The third-order valence-electron chi connectivity index (χ3n) is 3.22. The molecule has 0 fully saturated rings. The fourth-order valence-corrected chi connectivity index (χ4v) is 2.27. The number of hydrogen-bond donors (Lipinski definition) is 1. The molecule has 0 aliphatic carbocycles. The highest BCUT2D eigenvalue weighted by Gasteiger charge is 2.16. The van der Waals surface area contributed by atoms with Gasteiger partial charge in [-0.15, -0.1) is 0 Å². The summed E-state index contributed by atoms with van der Waals surface area (Å²) in [5, 5.41) is 9.01. The van der Waals surface area contributed by atoms with Crippen molar-refractivity contribution < 1.29 is 13.9 Å². The number of halogens is 2. The number of rotatable bonds is 4. The highest BCUT2D eigenvalue weighted by molar-refractivity contribution is 5.80. The number of hydrogen-bond acceptors (Lipinski definition) is 3. The molecule has 0 aliphatic heterocycles. The number of aromatic nitrogens is 3. The monoisotopic (exact) mass is 289 g/mol. The number of aryl methyl sites for hydroxylation is 1. The van der Waals surface area contributed by atoms with Gasteiger partial charge in [0.15, 0.2) is 17.5 Å². The molecule has 1 aromatic carbocycles. The Bertz CT molecular complexity index is 771. The molecule has 4 nitrogen and oxygen atoms in total. The van der Waals surface area contributed by atoms with Crippen molar-refractivity contribution in [3.05, 3.63) is 48.2 Å². The van der Waals surface area contributed by atoms with Crippen molar-refractivity contribution in [2.45, 2.75) is 13.0 Å². The first-order valence-electron chi connectivity index (χ1n) is 6.58. The Balaban J connectivity index is 2.22. The normalized spacial score (nSPS) is 11.2. The van der Waals surface area contributed by atoms with Crippen molar-refractivity contribution in [1.82, 2.24) is 14.5 Å². The van der Waals surface area contributed by atoms with E-state index in [1.54, 1.807) is 22.9 Å². The van der Waals surface area contributed by atoms with Crippen LogP contribution in [0, 0.1) is 11.6 Å². The number of aliphatic hydroxyl groups is 1. The van der Waals surface area contributed by atoms with Crippen LogP contribution in [0.25, 0.3) is 22.6 Å². The van der Waals surface area contributed by atoms with Crippen LogP contribution >= 0.6 is 0 Å². The summed E-state index contributed by atoms with van der Waals surface area (Å²) in [5.74, 6) is -1.31. The van der Waals surface area contributed by atoms with Crippen molar-refractivity contribution in [3.8, 4) is 11.5 Å². The van der Waals surface area contributed by atoms with Gasteiger partial charge in [-0.2, -0.15) is 0 Å². The van der Waals surface area contributed by atoms with Gasteiger partial charge >= 0.3 is 0 Å². The number of imidazole rings is 1. The minimum atomic E-state index is -0.929. The molecule has 3 aromatic rings. The van der Waals surface area contributed by atoms with E-state index in [0.717, 1.165) is 12.1 Å². The summed E-state index contributed by atoms with van der Waals surface area (Å²) in [7, 11) is 0. The van der Waals surface area contributed by atoms with Gasteiger partial charge in [0.2, 0.25) is 0 Å². The summed E-state index contributed by atoms with van der Waals surface area (Å²) in [5.41, 5.74) is 1.47. The number of fused-ring (bicyclic) bond motifs is 1. The van der Waals surface area contributed by atoms with E-state index in [1.165, 1.54) is 0 Å². The Labute approximate surface area is 119 Å². The Morgan fingerprint density at radius 2 is 1.95 bits per heavy atom. The van der Waals surface area contributed by atoms with Crippen molar-refractivity contribution in [2.24, 2.45) is 0 Å². The van der Waals surface area contributed by atoms with Crippen LogP contribution in [0.3, 0.4) is 0 Å². The van der Waals surface area contributed by atoms with Crippen molar-refractivity contribution in [2.75, 3.05) is 6.61 Å². The van der Waals surface area contributed by atoms with Gasteiger partial charge in [-0.05, 0) is 18.6 Å². The summed E-state index contributed by atoms with van der Waals surface area (Å²) >= 11 is 0. The average molecular weight is 289 g/mol. The van der Waals surface area contributed by atoms with E-state index in [2.05, 4.69) is 9.97 Å². The van der Waals surface area contributed by atoms with Crippen LogP contribution in [0.15, 0.2) is 36.5 Å². The third-order valence-corrected chi connectivity index (χ3v) is 3.22. The first-order chi connectivity index (χ1) is 10.2. The third kappa shape index (κ3) is 2.50. The molecule has 2 heterocycles. The maximum atomic E-state index is 13.5. The fourth-order valence-electron chi connectivity index (χ4n) is 2.27. The van der Waals surface area contributed by atoms with Gasteiger partial charge in [-0.3, -0.25) is 4.98 Å². The molecule has 0 radical (unpaired) electrons. The quantitative estimate of drug-likeness (QED) is 0.803. The summed E-state index contributed by atoms with van der Waals surface area (Å²) in [6.45, 7) is 0.453. The lowest BCUT2D eigenvalue weighted by molar-refractivity contribution is 0.280. The van der Waals surface area contributed by atoms with Gasteiger partial charge < -0.3 is 9.67 Å². The summed E-state index contributed by atoms with van der Waals surface area (Å²) in [6, 6.07) is 7.58. The number of nitrogens with zero attached hydrogens (tertiary/aromatic N) is 3. The molecule has 0 aliphatic rings.